The van der Waals surface area contributed by atoms with Gasteiger partial charge in [-0.15, -0.1) is 0 Å². The molecule has 2 heterocycles. The van der Waals surface area contributed by atoms with Crippen LogP contribution in [0.3, 0.4) is 0 Å². The largest absolute Gasteiger partial charge is 0.497 e. The van der Waals surface area contributed by atoms with Crippen LogP contribution in [-0.4, -0.2) is 28.2 Å². The number of imidazole rings is 1. The number of fused-ring (bicyclic) bond motifs is 1. The lowest BCUT2D eigenvalue weighted by Crippen LogP contribution is -2.19. The van der Waals surface area contributed by atoms with Gasteiger partial charge in [0.25, 0.3) is 5.56 Å². The first-order valence-corrected chi connectivity index (χ1v) is 8.09. The van der Waals surface area contributed by atoms with Gasteiger partial charge in [0.05, 0.1) is 25.6 Å². The molecule has 0 spiro atoms. The summed E-state index contributed by atoms with van der Waals surface area (Å²) in [5, 5.41) is 0. The average molecular weight is 347 g/mol. The van der Waals surface area contributed by atoms with E-state index < -0.39 is 0 Å². The number of rotatable bonds is 4. The Morgan fingerprint density at radius 3 is 2.42 bits per heavy atom. The van der Waals surface area contributed by atoms with Crippen molar-refractivity contribution in [3.05, 3.63) is 77.5 Å². The fourth-order valence-electron chi connectivity index (χ4n) is 2.84. The summed E-state index contributed by atoms with van der Waals surface area (Å²) in [6.07, 6.45) is 5.38. The van der Waals surface area contributed by atoms with Crippen molar-refractivity contribution < 1.29 is 9.47 Å². The lowest BCUT2D eigenvalue weighted by molar-refractivity contribution is 0.414. The van der Waals surface area contributed by atoms with Gasteiger partial charge < -0.3 is 13.9 Å². The maximum Gasteiger partial charge on any atom is 0.298 e. The molecular formula is C20H17N3O3. The highest BCUT2D eigenvalue weighted by Gasteiger charge is 2.11. The lowest BCUT2D eigenvalue weighted by atomic mass is 10.2. The monoisotopic (exact) mass is 347 g/mol. The Labute approximate surface area is 149 Å². The Bertz CT molecular complexity index is 1130. The molecular weight excluding hydrogens is 330 g/mol. The first-order valence-electron chi connectivity index (χ1n) is 8.09. The smallest absolute Gasteiger partial charge is 0.298 e. The zero-order chi connectivity index (χ0) is 18.1. The normalized spacial score (nSPS) is 10.8. The van der Waals surface area contributed by atoms with Gasteiger partial charge in [0.2, 0.25) is 5.65 Å². The van der Waals surface area contributed by atoms with E-state index in [1.807, 2.05) is 60.9 Å². The van der Waals surface area contributed by atoms with Crippen LogP contribution in [0.1, 0.15) is 0 Å². The fourth-order valence-corrected chi connectivity index (χ4v) is 2.84. The van der Waals surface area contributed by atoms with E-state index in [-0.39, 0.29) is 5.56 Å². The molecule has 0 saturated heterocycles. The standard InChI is InChI=1S/C20H17N3O3/c1-25-16-8-6-14(7-9-16)18-13-22-10-11-23(20(24)19(22)21-18)15-4-3-5-17(12-15)26-2/h3-13H,1-2H3. The molecule has 0 fully saturated rings. The predicted molar refractivity (Wildman–Crippen MR) is 99.3 cm³/mol. The summed E-state index contributed by atoms with van der Waals surface area (Å²) in [5.41, 5.74) is 2.54. The third-order valence-corrected chi connectivity index (χ3v) is 4.24. The second-order valence-corrected chi connectivity index (χ2v) is 5.76. The van der Waals surface area contributed by atoms with Crippen LogP contribution >= 0.6 is 0 Å². The van der Waals surface area contributed by atoms with E-state index >= 15 is 0 Å². The van der Waals surface area contributed by atoms with Gasteiger partial charge in [-0.05, 0) is 36.4 Å². The van der Waals surface area contributed by atoms with E-state index in [0.717, 1.165) is 22.7 Å². The van der Waals surface area contributed by atoms with Crippen LogP contribution in [0.2, 0.25) is 0 Å². The molecule has 0 radical (unpaired) electrons. The molecule has 6 heteroatoms. The second kappa shape index (κ2) is 6.40. The molecule has 4 aromatic rings. The van der Waals surface area contributed by atoms with Crippen LogP contribution < -0.4 is 15.0 Å². The SMILES string of the molecule is COc1ccc(-c2cn3ccn(-c4cccc(OC)c4)c(=O)c3n2)cc1. The maximum atomic E-state index is 12.9. The highest BCUT2D eigenvalue weighted by molar-refractivity contribution is 5.63. The quantitative estimate of drug-likeness (QED) is 0.569. The molecule has 0 atom stereocenters. The molecule has 0 amide bonds. The molecule has 0 N–H and O–H groups in total. The van der Waals surface area contributed by atoms with Crippen molar-refractivity contribution in [3.63, 3.8) is 0 Å². The molecule has 0 unspecified atom stereocenters. The third-order valence-electron chi connectivity index (χ3n) is 4.24. The van der Waals surface area contributed by atoms with E-state index in [2.05, 4.69) is 4.98 Å². The minimum Gasteiger partial charge on any atom is -0.497 e. The zero-order valence-electron chi connectivity index (χ0n) is 14.4. The van der Waals surface area contributed by atoms with Gasteiger partial charge in [-0.2, -0.15) is 0 Å². The molecule has 26 heavy (non-hydrogen) atoms. The van der Waals surface area contributed by atoms with E-state index in [9.17, 15) is 4.79 Å². The van der Waals surface area contributed by atoms with E-state index in [4.69, 9.17) is 9.47 Å². The molecule has 0 bridgehead atoms. The summed E-state index contributed by atoms with van der Waals surface area (Å²) >= 11 is 0. The average Bonchev–Trinajstić information content (AvgIpc) is 3.13. The fraction of sp³-hybridized carbons (Fsp3) is 0.100. The topological polar surface area (TPSA) is 57.8 Å². The zero-order valence-corrected chi connectivity index (χ0v) is 14.4. The van der Waals surface area contributed by atoms with E-state index in [0.29, 0.717) is 11.4 Å². The number of aromatic nitrogens is 3. The van der Waals surface area contributed by atoms with E-state index in [1.165, 1.54) is 0 Å². The lowest BCUT2D eigenvalue weighted by Gasteiger charge is -2.07. The number of methoxy groups -OCH3 is 2. The summed E-state index contributed by atoms with van der Waals surface area (Å²) in [4.78, 5) is 17.4. The van der Waals surface area contributed by atoms with Gasteiger partial charge in [0.1, 0.15) is 11.5 Å². The van der Waals surface area contributed by atoms with Gasteiger partial charge in [-0.3, -0.25) is 9.36 Å². The Kier molecular flexibility index (Phi) is 3.93. The van der Waals surface area contributed by atoms with Gasteiger partial charge in [-0.1, -0.05) is 6.07 Å². The molecule has 0 saturated carbocycles. The molecule has 0 aliphatic heterocycles. The summed E-state index contributed by atoms with van der Waals surface area (Å²) in [5.74, 6) is 1.47. The molecule has 6 nitrogen and oxygen atoms in total. The first-order chi connectivity index (χ1) is 12.7. The van der Waals surface area contributed by atoms with Gasteiger partial charge >= 0.3 is 0 Å². The summed E-state index contributed by atoms with van der Waals surface area (Å²) in [6, 6.07) is 14.9. The Balaban J connectivity index is 1.81. The van der Waals surface area contributed by atoms with Crippen molar-refractivity contribution in [1.82, 2.24) is 14.0 Å². The van der Waals surface area contributed by atoms with Crippen molar-refractivity contribution in [3.8, 4) is 28.4 Å². The molecule has 0 aliphatic rings. The number of hydrogen-bond donors (Lipinski definition) is 0. The summed E-state index contributed by atoms with van der Waals surface area (Å²) < 4.78 is 13.7. The number of benzene rings is 2. The van der Waals surface area contributed by atoms with Crippen LogP contribution in [0.15, 0.2) is 71.9 Å². The van der Waals surface area contributed by atoms with Gasteiger partial charge in [0.15, 0.2) is 0 Å². The number of ether oxygens (including phenoxy) is 2. The van der Waals surface area contributed by atoms with Crippen LogP contribution in [0.5, 0.6) is 11.5 Å². The van der Waals surface area contributed by atoms with Crippen molar-refractivity contribution >= 4 is 5.65 Å². The van der Waals surface area contributed by atoms with Crippen molar-refractivity contribution in [2.24, 2.45) is 0 Å². The van der Waals surface area contributed by atoms with Crippen LogP contribution in [-0.2, 0) is 0 Å². The highest BCUT2D eigenvalue weighted by Crippen LogP contribution is 2.22. The van der Waals surface area contributed by atoms with Crippen molar-refractivity contribution in [2.75, 3.05) is 14.2 Å². The number of nitrogens with zero attached hydrogens (tertiary/aromatic N) is 3. The third kappa shape index (κ3) is 2.71. The Morgan fingerprint density at radius 1 is 0.923 bits per heavy atom. The second-order valence-electron chi connectivity index (χ2n) is 5.76. The van der Waals surface area contributed by atoms with Gasteiger partial charge in [-0.25, -0.2) is 4.98 Å². The van der Waals surface area contributed by atoms with Crippen LogP contribution in [0.25, 0.3) is 22.6 Å². The number of hydrogen-bond acceptors (Lipinski definition) is 4. The van der Waals surface area contributed by atoms with Crippen LogP contribution in [0.4, 0.5) is 0 Å². The molecule has 0 aliphatic carbocycles. The summed E-state index contributed by atoms with van der Waals surface area (Å²) in [6.45, 7) is 0. The van der Waals surface area contributed by atoms with Crippen molar-refractivity contribution in [1.29, 1.82) is 0 Å². The van der Waals surface area contributed by atoms with E-state index in [1.54, 1.807) is 29.4 Å². The van der Waals surface area contributed by atoms with Crippen molar-refractivity contribution in [2.45, 2.75) is 0 Å². The molecule has 2 aromatic heterocycles. The van der Waals surface area contributed by atoms with Gasteiger partial charge in [0, 0.05) is 30.2 Å². The Hall–Kier alpha value is -3.54. The molecule has 4 rings (SSSR count). The highest BCUT2D eigenvalue weighted by atomic mass is 16.5. The predicted octanol–water partition coefficient (Wildman–Crippen LogP) is 3.17. The maximum absolute atomic E-state index is 12.9. The first kappa shape index (κ1) is 16.0. The van der Waals surface area contributed by atoms with Crippen LogP contribution in [0, 0.1) is 0 Å². The molecule has 130 valence electrons. The molecule has 2 aromatic carbocycles. The Morgan fingerprint density at radius 2 is 1.69 bits per heavy atom. The minimum atomic E-state index is -0.194. The summed E-state index contributed by atoms with van der Waals surface area (Å²) in [7, 11) is 3.22. The minimum absolute atomic E-state index is 0.194.